The second kappa shape index (κ2) is 23.9. The standard InChI is InChI=1S/C59H64O11/c1-2-3-34-59-68-54-51(63-38-45-28-16-7-17-29-45)55(69-59)53(56(70-59)52(54)64-39-46-30-18-8-19-31-46)67-58-57(65-40-47-32-20-9-21-33-47)50(62-37-44-26-14-6-15-27-44)49(61-36-43-24-12-5-13-25-43)48(66-58)41-60-35-42-22-10-4-11-23-42/h4-33,48-58H,2-3,34-41H2,1H3/t48-,49-,50+,51-,52+,53?,54?,55+,56-,57+,58+,59?/m1/s1. The zero-order valence-electron chi connectivity index (χ0n) is 39.7. The highest BCUT2D eigenvalue weighted by Gasteiger charge is 2.69. The molecule has 11 nitrogen and oxygen atoms in total. The lowest BCUT2D eigenvalue weighted by Crippen LogP contribution is -2.80. The van der Waals surface area contributed by atoms with Crippen molar-refractivity contribution in [3.8, 4) is 0 Å². The number of ether oxygens (including phenoxy) is 11. The molecule has 11 rings (SSSR count). The van der Waals surface area contributed by atoms with Crippen LogP contribution in [0.3, 0.4) is 0 Å². The third kappa shape index (κ3) is 12.0. The second-order valence-electron chi connectivity index (χ2n) is 18.5. The summed E-state index contributed by atoms with van der Waals surface area (Å²) in [7, 11) is 0. The van der Waals surface area contributed by atoms with Crippen LogP contribution in [0.4, 0.5) is 0 Å². The molecule has 12 atom stereocenters. The fourth-order valence-electron chi connectivity index (χ4n) is 9.88. The molecule has 1 saturated carbocycles. The predicted molar refractivity (Wildman–Crippen MR) is 262 cm³/mol. The van der Waals surface area contributed by atoms with Gasteiger partial charge in [-0.3, -0.25) is 0 Å². The molecule has 0 N–H and O–H groups in total. The van der Waals surface area contributed by atoms with Crippen molar-refractivity contribution in [3.63, 3.8) is 0 Å². The molecule has 5 fully saturated rings. The first kappa shape index (κ1) is 48.5. The molecular weight excluding hydrogens is 885 g/mol. The van der Waals surface area contributed by atoms with Gasteiger partial charge in [0.1, 0.15) is 61.0 Å². The van der Waals surface area contributed by atoms with Crippen LogP contribution in [0.25, 0.3) is 0 Å². The van der Waals surface area contributed by atoms with Crippen molar-refractivity contribution in [1.29, 1.82) is 0 Å². The molecular formula is C59H64O11. The summed E-state index contributed by atoms with van der Waals surface area (Å²) < 4.78 is 77.0. The Labute approximate surface area is 411 Å². The molecule has 366 valence electrons. The number of unbranched alkanes of at least 4 members (excludes halogenated alkanes) is 1. The zero-order valence-corrected chi connectivity index (χ0v) is 39.7. The zero-order chi connectivity index (χ0) is 47.4. The SMILES string of the molecule is CCCCC12OC3[C@@H](OCc4ccccc4)[C@H](O1)C(O[C@@H]1O[C@H](COCc4ccccc4)[C@@H](OCc4ccccc4)[C@H](OCc4ccccc4)[C@@H]1OCc1ccccc1)[C@H](O2)[C@H]3OCc1ccccc1. The van der Waals surface area contributed by atoms with Gasteiger partial charge in [0.2, 0.25) is 0 Å². The van der Waals surface area contributed by atoms with E-state index in [-0.39, 0.29) is 19.8 Å². The fourth-order valence-corrected chi connectivity index (χ4v) is 9.88. The molecule has 0 spiro atoms. The maximum absolute atomic E-state index is 7.47. The van der Waals surface area contributed by atoms with Crippen LogP contribution in [0.1, 0.15) is 59.6 Å². The van der Waals surface area contributed by atoms with E-state index in [4.69, 9.17) is 52.1 Å². The van der Waals surface area contributed by atoms with E-state index in [1.54, 1.807) is 0 Å². The normalized spacial score (nSPS) is 29.0. The average molecular weight is 949 g/mol. The van der Waals surface area contributed by atoms with Crippen LogP contribution in [0.15, 0.2) is 182 Å². The molecule has 4 saturated heterocycles. The van der Waals surface area contributed by atoms with E-state index in [1.807, 2.05) is 133 Å². The van der Waals surface area contributed by atoms with Crippen molar-refractivity contribution in [2.45, 2.75) is 139 Å². The summed E-state index contributed by atoms with van der Waals surface area (Å²) in [6.07, 6.45) is -5.28. The van der Waals surface area contributed by atoms with E-state index in [0.29, 0.717) is 32.8 Å². The first-order valence-electron chi connectivity index (χ1n) is 24.8. The molecule has 6 aromatic rings. The van der Waals surface area contributed by atoms with Crippen molar-refractivity contribution < 1.29 is 52.1 Å². The first-order valence-corrected chi connectivity index (χ1v) is 24.8. The van der Waals surface area contributed by atoms with Gasteiger partial charge in [0.25, 0.3) is 5.97 Å². The molecule has 6 aromatic carbocycles. The van der Waals surface area contributed by atoms with Crippen LogP contribution < -0.4 is 0 Å². The Balaban J connectivity index is 1.02. The summed E-state index contributed by atoms with van der Waals surface area (Å²) in [5, 5.41) is 0. The quantitative estimate of drug-likeness (QED) is 0.0580. The van der Waals surface area contributed by atoms with Gasteiger partial charge >= 0.3 is 0 Å². The maximum atomic E-state index is 7.47. The number of rotatable bonds is 24. The lowest BCUT2D eigenvalue weighted by atomic mass is 9.80. The predicted octanol–water partition coefficient (Wildman–Crippen LogP) is 10.3. The topological polar surface area (TPSA) is 102 Å². The van der Waals surface area contributed by atoms with Gasteiger partial charge in [-0.25, -0.2) is 0 Å². The molecule has 11 heteroatoms. The largest absolute Gasteiger partial charge is 0.374 e. The Kier molecular flexibility index (Phi) is 16.5. The van der Waals surface area contributed by atoms with Crippen molar-refractivity contribution >= 4 is 0 Å². The maximum Gasteiger partial charge on any atom is 0.284 e. The van der Waals surface area contributed by atoms with Crippen molar-refractivity contribution in [2.24, 2.45) is 0 Å². The molecule has 0 amide bonds. The van der Waals surface area contributed by atoms with Gasteiger partial charge in [-0.15, -0.1) is 0 Å². The van der Waals surface area contributed by atoms with Gasteiger partial charge in [0.15, 0.2) is 6.29 Å². The monoisotopic (exact) mass is 948 g/mol. The van der Waals surface area contributed by atoms with Gasteiger partial charge in [-0.1, -0.05) is 195 Å². The van der Waals surface area contributed by atoms with E-state index in [0.717, 1.165) is 46.2 Å². The third-order valence-electron chi connectivity index (χ3n) is 13.4. The van der Waals surface area contributed by atoms with E-state index < -0.39 is 73.3 Å². The Bertz CT molecular complexity index is 2370. The summed E-state index contributed by atoms with van der Waals surface area (Å²) in [5.41, 5.74) is 6.09. The average Bonchev–Trinajstić information content (AvgIpc) is 3.41. The molecule has 70 heavy (non-hydrogen) atoms. The minimum absolute atomic E-state index is 0.178. The lowest BCUT2D eigenvalue weighted by Gasteiger charge is -2.63. The second-order valence-corrected chi connectivity index (χ2v) is 18.5. The van der Waals surface area contributed by atoms with Crippen LogP contribution in [0, 0.1) is 0 Å². The van der Waals surface area contributed by atoms with Crippen molar-refractivity contribution in [2.75, 3.05) is 6.61 Å². The van der Waals surface area contributed by atoms with Gasteiger partial charge in [0.05, 0.1) is 46.2 Å². The fraction of sp³-hybridized carbons (Fsp3) is 0.390. The Morgan fingerprint density at radius 1 is 0.386 bits per heavy atom. The molecule has 1 aliphatic carbocycles. The minimum Gasteiger partial charge on any atom is -0.374 e. The van der Waals surface area contributed by atoms with E-state index in [1.165, 1.54) is 0 Å². The van der Waals surface area contributed by atoms with Gasteiger partial charge in [-0.05, 0) is 39.8 Å². The van der Waals surface area contributed by atoms with Crippen LogP contribution in [-0.4, -0.2) is 79.9 Å². The smallest absolute Gasteiger partial charge is 0.284 e. The lowest BCUT2D eigenvalue weighted by molar-refractivity contribution is -0.549. The summed E-state index contributed by atoms with van der Waals surface area (Å²) in [6, 6.07) is 60.7. The highest BCUT2D eigenvalue weighted by atomic mass is 16.9. The van der Waals surface area contributed by atoms with E-state index >= 15 is 0 Å². The summed E-state index contributed by atoms with van der Waals surface area (Å²) >= 11 is 0. The van der Waals surface area contributed by atoms with Crippen LogP contribution in [0.5, 0.6) is 0 Å². The molecule has 0 aromatic heterocycles. The van der Waals surface area contributed by atoms with Crippen LogP contribution in [0.2, 0.25) is 0 Å². The molecule has 4 heterocycles. The molecule has 5 aliphatic rings. The summed E-state index contributed by atoms with van der Waals surface area (Å²) in [5.74, 6) is -1.29. The molecule has 3 unspecified atom stereocenters. The minimum atomic E-state index is -1.29. The number of hydrogen-bond donors (Lipinski definition) is 0. The molecule has 4 aliphatic heterocycles. The highest BCUT2D eigenvalue weighted by molar-refractivity contribution is 5.19. The third-order valence-corrected chi connectivity index (χ3v) is 13.4. The van der Waals surface area contributed by atoms with Crippen molar-refractivity contribution in [1.82, 2.24) is 0 Å². The number of hydrogen-bond acceptors (Lipinski definition) is 11. The van der Waals surface area contributed by atoms with E-state index in [9.17, 15) is 0 Å². The van der Waals surface area contributed by atoms with Gasteiger partial charge in [-0.2, -0.15) is 0 Å². The van der Waals surface area contributed by atoms with Crippen molar-refractivity contribution in [3.05, 3.63) is 215 Å². The van der Waals surface area contributed by atoms with Gasteiger partial charge < -0.3 is 52.1 Å². The summed E-state index contributed by atoms with van der Waals surface area (Å²) in [6.45, 7) is 4.21. The first-order chi connectivity index (χ1) is 34.6. The number of benzene rings is 6. The Morgan fingerprint density at radius 3 is 1.13 bits per heavy atom. The highest BCUT2D eigenvalue weighted by Crippen LogP contribution is 2.51. The Morgan fingerprint density at radius 2 is 0.729 bits per heavy atom. The van der Waals surface area contributed by atoms with Crippen LogP contribution >= 0.6 is 0 Å². The van der Waals surface area contributed by atoms with Gasteiger partial charge in [0, 0.05) is 6.42 Å². The van der Waals surface area contributed by atoms with E-state index in [2.05, 4.69) is 55.5 Å². The van der Waals surface area contributed by atoms with Crippen LogP contribution in [-0.2, 0) is 91.7 Å². The Hall–Kier alpha value is -5.12. The molecule has 0 radical (unpaired) electrons. The summed E-state index contributed by atoms with van der Waals surface area (Å²) in [4.78, 5) is 0. The molecule has 4 bridgehead atoms.